The van der Waals surface area contributed by atoms with Crippen molar-refractivity contribution in [1.29, 1.82) is 0 Å². The molecule has 0 radical (unpaired) electrons. The maximum Gasteiger partial charge on any atom is 0.416 e. The number of aryl methyl sites for hydroxylation is 1. The Labute approximate surface area is 130 Å². The van der Waals surface area contributed by atoms with Crippen molar-refractivity contribution in [2.45, 2.75) is 18.0 Å². The summed E-state index contributed by atoms with van der Waals surface area (Å²) in [5, 5.41) is -0.312. The van der Waals surface area contributed by atoms with Gasteiger partial charge in [0.1, 0.15) is 10.7 Å². The first kappa shape index (κ1) is 16.6. The van der Waals surface area contributed by atoms with Crippen LogP contribution >= 0.6 is 11.6 Å². The second kappa shape index (κ2) is 5.77. The number of sulfonamides is 1. The maximum absolute atomic E-state index is 12.7. The fourth-order valence-electron chi connectivity index (χ4n) is 1.68. The van der Waals surface area contributed by atoms with Crippen molar-refractivity contribution in [2.24, 2.45) is 0 Å². The smallest absolute Gasteiger partial charge is 0.263 e. The molecule has 4 nitrogen and oxygen atoms in total. The van der Waals surface area contributed by atoms with Crippen LogP contribution in [-0.4, -0.2) is 13.4 Å². The Bertz CT molecular complexity index is 807. The quantitative estimate of drug-likeness (QED) is 0.914. The zero-order valence-electron chi connectivity index (χ0n) is 11.1. The zero-order chi connectivity index (χ0) is 16.5. The number of hydrogen-bond donors (Lipinski definition) is 1. The molecule has 0 aliphatic rings. The summed E-state index contributed by atoms with van der Waals surface area (Å²) < 4.78 is 64.6. The minimum absolute atomic E-state index is 0.00604. The van der Waals surface area contributed by atoms with Crippen LogP contribution in [0.2, 0.25) is 5.02 Å². The normalized spacial score (nSPS) is 12.2. The number of nitrogens with zero attached hydrogens (tertiary/aromatic N) is 1. The van der Waals surface area contributed by atoms with E-state index in [2.05, 4.69) is 9.71 Å². The average Bonchev–Trinajstić information content (AvgIpc) is 2.36. The van der Waals surface area contributed by atoms with Crippen molar-refractivity contribution in [3.8, 4) is 0 Å². The highest BCUT2D eigenvalue weighted by Crippen LogP contribution is 2.33. The molecule has 1 aromatic carbocycles. The highest BCUT2D eigenvalue weighted by Gasteiger charge is 2.32. The van der Waals surface area contributed by atoms with Crippen molar-refractivity contribution in [2.75, 3.05) is 4.72 Å². The highest BCUT2D eigenvalue weighted by molar-refractivity contribution is 7.92. The van der Waals surface area contributed by atoms with Gasteiger partial charge in [-0.2, -0.15) is 13.2 Å². The van der Waals surface area contributed by atoms with Crippen molar-refractivity contribution >= 4 is 27.4 Å². The molecule has 0 saturated heterocycles. The van der Waals surface area contributed by atoms with Crippen LogP contribution in [0, 0.1) is 6.92 Å². The number of halogens is 4. The number of alkyl halides is 3. The number of hydrogen-bond acceptors (Lipinski definition) is 3. The molecular formula is C13H10ClF3N2O2S. The third-order valence-corrected chi connectivity index (χ3v) is 4.51. The Morgan fingerprint density at radius 3 is 2.45 bits per heavy atom. The minimum Gasteiger partial charge on any atom is -0.263 e. The molecule has 0 fully saturated rings. The summed E-state index contributed by atoms with van der Waals surface area (Å²) >= 11 is 5.72. The van der Waals surface area contributed by atoms with E-state index in [0.717, 1.165) is 6.07 Å². The van der Waals surface area contributed by atoms with Crippen molar-refractivity contribution < 1.29 is 21.6 Å². The summed E-state index contributed by atoms with van der Waals surface area (Å²) in [5.74, 6) is -0.00604. The van der Waals surface area contributed by atoms with Gasteiger partial charge < -0.3 is 0 Å². The second-order valence-corrected chi connectivity index (χ2v) is 6.47. The molecule has 0 aliphatic heterocycles. The Morgan fingerprint density at radius 1 is 1.18 bits per heavy atom. The lowest BCUT2D eigenvalue weighted by Gasteiger charge is -2.12. The fraction of sp³-hybridized carbons (Fsp3) is 0.154. The third kappa shape index (κ3) is 3.69. The van der Waals surface area contributed by atoms with Crippen LogP contribution in [0.5, 0.6) is 0 Å². The van der Waals surface area contributed by atoms with Gasteiger partial charge in [0.2, 0.25) is 0 Å². The number of nitrogens with one attached hydrogen (secondary N) is 1. The minimum atomic E-state index is -4.67. The highest BCUT2D eigenvalue weighted by atomic mass is 35.5. The summed E-state index contributed by atoms with van der Waals surface area (Å²) in [6, 6.07) is 6.68. The van der Waals surface area contributed by atoms with E-state index in [9.17, 15) is 21.6 Å². The molecule has 0 spiro atoms. The summed E-state index contributed by atoms with van der Waals surface area (Å²) in [4.78, 5) is 3.27. The molecule has 22 heavy (non-hydrogen) atoms. The van der Waals surface area contributed by atoms with Crippen LogP contribution < -0.4 is 4.72 Å². The summed E-state index contributed by atoms with van der Waals surface area (Å²) in [6.07, 6.45) is -4.67. The van der Waals surface area contributed by atoms with E-state index in [-0.39, 0.29) is 10.8 Å². The molecule has 0 amide bonds. The molecule has 1 aromatic heterocycles. The molecule has 0 bridgehead atoms. The lowest BCUT2D eigenvalue weighted by atomic mass is 10.2. The monoisotopic (exact) mass is 350 g/mol. The van der Waals surface area contributed by atoms with Gasteiger partial charge in [-0.25, -0.2) is 13.4 Å². The number of anilines is 1. The van der Waals surface area contributed by atoms with Crippen LogP contribution in [0.15, 0.2) is 41.3 Å². The maximum atomic E-state index is 12.7. The number of pyridine rings is 1. The molecule has 0 atom stereocenters. The first-order valence-corrected chi connectivity index (χ1v) is 7.79. The standard InChI is InChI=1S/C13H10ClF3N2O2S/c1-8-3-2-4-12(18-8)19-22(20,21)11-7-9(13(15,16)17)5-6-10(11)14/h2-7H,1H3,(H,18,19). The van der Waals surface area contributed by atoms with E-state index in [0.29, 0.717) is 17.8 Å². The first-order chi connectivity index (χ1) is 10.1. The predicted octanol–water partition coefficient (Wildman–Crippen LogP) is 3.86. The Hall–Kier alpha value is -1.80. The molecule has 0 aliphatic carbocycles. The Morgan fingerprint density at radius 2 is 1.86 bits per heavy atom. The van der Waals surface area contributed by atoms with E-state index in [1.165, 1.54) is 6.07 Å². The van der Waals surface area contributed by atoms with Crippen LogP contribution in [0.3, 0.4) is 0 Å². The summed E-state index contributed by atoms with van der Waals surface area (Å²) in [6.45, 7) is 1.65. The summed E-state index contributed by atoms with van der Waals surface area (Å²) in [5.41, 5.74) is -0.551. The van der Waals surface area contributed by atoms with Gasteiger partial charge in [-0.05, 0) is 37.3 Å². The van der Waals surface area contributed by atoms with E-state index < -0.39 is 26.7 Å². The third-order valence-electron chi connectivity index (χ3n) is 2.68. The Balaban J connectivity index is 2.45. The molecular weight excluding hydrogens is 341 g/mol. The molecule has 2 aromatic rings. The van der Waals surface area contributed by atoms with Gasteiger partial charge >= 0.3 is 6.18 Å². The molecule has 0 saturated carbocycles. The zero-order valence-corrected chi connectivity index (χ0v) is 12.7. The van der Waals surface area contributed by atoms with Gasteiger partial charge in [-0.1, -0.05) is 17.7 Å². The van der Waals surface area contributed by atoms with Crippen molar-refractivity contribution in [3.05, 3.63) is 52.7 Å². The molecule has 1 N–H and O–H groups in total. The molecule has 118 valence electrons. The van der Waals surface area contributed by atoms with E-state index in [1.807, 2.05) is 0 Å². The second-order valence-electron chi connectivity index (χ2n) is 4.41. The van der Waals surface area contributed by atoms with Crippen LogP contribution in [0.4, 0.5) is 19.0 Å². The number of rotatable bonds is 3. The van der Waals surface area contributed by atoms with Gasteiger partial charge in [-0.15, -0.1) is 0 Å². The molecule has 1 heterocycles. The van der Waals surface area contributed by atoms with Gasteiger partial charge in [0.15, 0.2) is 0 Å². The number of aromatic nitrogens is 1. The van der Waals surface area contributed by atoms with Crippen LogP contribution in [0.25, 0.3) is 0 Å². The van der Waals surface area contributed by atoms with Crippen molar-refractivity contribution in [3.63, 3.8) is 0 Å². The van der Waals surface area contributed by atoms with Gasteiger partial charge in [0, 0.05) is 5.69 Å². The van der Waals surface area contributed by atoms with Crippen LogP contribution in [-0.2, 0) is 16.2 Å². The predicted molar refractivity (Wildman–Crippen MR) is 76.2 cm³/mol. The van der Waals surface area contributed by atoms with E-state index in [1.54, 1.807) is 19.1 Å². The Kier molecular flexibility index (Phi) is 4.35. The van der Waals surface area contributed by atoms with Gasteiger partial charge in [0.25, 0.3) is 10.0 Å². The summed E-state index contributed by atoms with van der Waals surface area (Å²) in [7, 11) is -4.29. The van der Waals surface area contributed by atoms with Gasteiger partial charge in [-0.3, -0.25) is 4.72 Å². The molecule has 2 rings (SSSR count). The topological polar surface area (TPSA) is 59.1 Å². The van der Waals surface area contributed by atoms with Crippen molar-refractivity contribution in [1.82, 2.24) is 4.98 Å². The molecule has 9 heteroatoms. The van der Waals surface area contributed by atoms with E-state index in [4.69, 9.17) is 11.6 Å². The molecule has 0 unspecified atom stereocenters. The largest absolute Gasteiger partial charge is 0.416 e. The lowest BCUT2D eigenvalue weighted by molar-refractivity contribution is -0.137. The lowest BCUT2D eigenvalue weighted by Crippen LogP contribution is -2.16. The van der Waals surface area contributed by atoms with Crippen LogP contribution in [0.1, 0.15) is 11.3 Å². The van der Waals surface area contributed by atoms with E-state index >= 15 is 0 Å². The SMILES string of the molecule is Cc1cccc(NS(=O)(=O)c2cc(C(F)(F)F)ccc2Cl)n1. The average molecular weight is 351 g/mol. The fourth-order valence-corrected chi connectivity index (χ4v) is 3.21. The first-order valence-electron chi connectivity index (χ1n) is 5.93. The number of benzene rings is 1. The van der Waals surface area contributed by atoms with Gasteiger partial charge in [0.05, 0.1) is 10.6 Å².